The van der Waals surface area contributed by atoms with Crippen molar-refractivity contribution in [3.05, 3.63) is 0 Å². The molecule has 2 saturated heterocycles. The highest BCUT2D eigenvalue weighted by atomic mass is 16.5. The van der Waals surface area contributed by atoms with E-state index in [1.807, 2.05) is 0 Å². The zero-order chi connectivity index (χ0) is 14.0. The van der Waals surface area contributed by atoms with Crippen LogP contribution in [0.1, 0.15) is 12.8 Å². The molecule has 20 heavy (non-hydrogen) atoms. The average molecular weight is 285 g/mol. The number of methoxy groups -OCH3 is 1. The SMILES string of the molecule is COCCNCC1CCCN(CCN2CCOCC2)C1. The van der Waals surface area contributed by atoms with Crippen molar-refractivity contribution in [1.82, 2.24) is 15.1 Å². The van der Waals surface area contributed by atoms with Crippen LogP contribution in [0.2, 0.25) is 0 Å². The fourth-order valence-corrected chi connectivity index (χ4v) is 3.11. The molecule has 2 fully saturated rings. The van der Waals surface area contributed by atoms with Gasteiger partial charge in [0.15, 0.2) is 0 Å². The topological polar surface area (TPSA) is 37.0 Å². The van der Waals surface area contributed by atoms with E-state index in [-0.39, 0.29) is 0 Å². The number of morpholine rings is 1. The minimum atomic E-state index is 0.810. The van der Waals surface area contributed by atoms with Gasteiger partial charge >= 0.3 is 0 Å². The maximum absolute atomic E-state index is 5.40. The van der Waals surface area contributed by atoms with Crippen LogP contribution in [-0.2, 0) is 9.47 Å². The molecule has 0 amide bonds. The number of ether oxygens (including phenoxy) is 2. The molecule has 0 aromatic heterocycles. The molecule has 0 radical (unpaired) electrons. The summed E-state index contributed by atoms with van der Waals surface area (Å²) in [6, 6.07) is 0. The molecule has 0 aliphatic carbocycles. The maximum atomic E-state index is 5.40. The lowest BCUT2D eigenvalue weighted by molar-refractivity contribution is 0.0308. The van der Waals surface area contributed by atoms with Crippen LogP contribution in [-0.4, -0.2) is 89.1 Å². The van der Waals surface area contributed by atoms with Gasteiger partial charge in [0, 0.05) is 46.4 Å². The minimum Gasteiger partial charge on any atom is -0.383 e. The number of rotatable bonds is 8. The molecule has 2 heterocycles. The van der Waals surface area contributed by atoms with E-state index in [1.54, 1.807) is 7.11 Å². The van der Waals surface area contributed by atoms with E-state index in [1.165, 1.54) is 39.0 Å². The summed E-state index contributed by atoms with van der Waals surface area (Å²) in [4.78, 5) is 5.17. The Morgan fingerprint density at radius 2 is 1.95 bits per heavy atom. The molecule has 2 rings (SSSR count). The first-order chi connectivity index (χ1) is 9.88. The fraction of sp³-hybridized carbons (Fsp3) is 1.00. The second-order valence-electron chi connectivity index (χ2n) is 5.96. The molecule has 118 valence electrons. The Balaban J connectivity index is 1.57. The molecule has 2 aliphatic rings. The first-order valence-corrected chi connectivity index (χ1v) is 8.10. The van der Waals surface area contributed by atoms with Crippen LogP contribution in [0.4, 0.5) is 0 Å². The number of likely N-dealkylation sites (tertiary alicyclic amines) is 1. The van der Waals surface area contributed by atoms with Crippen molar-refractivity contribution in [2.45, 2.75) is 12.8 Å². The molecule has 2 aliphatic heterocycles. The van der Waals surface area contributed by atoms with Gasteiger partial charge in [-0.3, -0.25) is 4.90 Å². The van der Waals surface area contributed by atoms with E-state index in [0.29, 0.717) is 0 Å². The Kier molecular flexibility index (Phi) is 7.83. The number of nitrogens with one attached hydrogen (secondary N) is 1. The molecule has 0 saturated carbocycles. The molecule has 0 aromatic carbocycles. The summed E-state index contributed by atoms with van der Waals surface area (Å²) < 4.78 is 10.5. The van der Waals surface area contributed by atoms with E-state index in [2.05, 4.69) is 15.1 Å². The second-order valence-corrected chi connectivity index (χ2v) is 5.96. The zero-order valence-corrected chi connectivity index (χ0v) is 13.0. The van der Waals surface area contributed by atoms with Crippen LogP contribution in [0.15, 0.2) is 0 Å². The summed E-state index contributed by atoms with van der Waals surface area (Å²) in [6.07, 6.45) is 2.72. The summed E-state index contributed by atoms with van der Waals surface area (Å²) >= 11 is 0. The Morgan fingerprint density at radius 3 is 2.75 bits per heavy atom. The number of hydrogen-bond donors (Lipinski definition) is 1. The Labute approximate surface area is 123 Å². The van der Waals surface area contributed by atoms with Gasteiger partial charge in [0.05, 0.1) is 19.8 Å². The third-order valence-corrected chi connectivity index (χ3v) is 4.36. The first-order valence-electron chi connectivity index (χ1n) is 8.10. The fourth-order valence-electron chi connectivity index (χ4n) is 3.11. The highest BCUT2D eigenvalue weighted by Crippen LogP contribution is 2.15. The van der Waals surface area contributed by atoms with Crippen LogP contribution in [0.25, 0.3) is 0 Å². The lowest BCUT2D eigenvalue weighted by atomic mass is 9.98. The maximum Gasteiger partial charge on any atom is 0.0594 e. The Hall–Kier alpha value is -0.200. The summed E-state index contributed by atoms with van der Waals surface area (Å²) in [5, 5.41) is 3.50. The third-order valence-electron chi connectivity index (χ3n) is 4.36. The van der Waals surface area contributed by atoms with E-state index < -0.39 is 0 Å². The van der Waals surface area contributed by atoms with Gasteiger partial charge < -0.3 is 19.7 Å². The molecular weight excluding hydrogens is 254 g/mol. The van der Waals surface area contributed by atoms with Crippen LogP contribution in [0, 0.1) is 5.92 Å². The van der Waals surface area contributed by atoms with Crippen molar-refractivity contribution in [3.63, 3.8) is 0 Å². The van der Waals surface area contributed by atoms with Gasteiger partial charge in [-0.1, -0.05) is 0 Å². The Morgan fingerprint density at radius 1 is 1.15 bits per heavy atom. The predicted octanol–water partition coefficient (Wildman–Crippen LogP) is 0.267. The van der Waals surface area contributed by atoms with Crippen molar-refractivity contribution in [2.24, 2.45) is 5.92 Å². The number of piperidine rings is 1. The summed E-state index contributed by atoms with van der Waals surface area (Å²) in [7, 11) is 1.76. The van der Waals surface area contributed by atoms with Gasteiger partial charge in [0.2, 0.25) is 0 Å². The minimum absolute atomic E-state index is 0.810. The number of hydrogen-bond acceptors (Lipinski definition) is 5. The van der Waals surface area contributed by atoms with Gasteiger partial charge in [0.1, 0.15) is 0 Å². The highest BCUT2D eigenvalue weighted by molar-refractivity contribution is 4.76. The van der Waals surface area contributed by atoms with E-state index >= 15 is 0 Å². The van der Waals surface area contributed by atoms with E-state index in [4.69, 9.17) is 9.47 Å². The lowest BCUT2D eigenvalue weighted by Gasteiger charge is -2.35. The molecule has 1 N–H and O–H groups in total. The second kappa shape index (κ2) is 9.68. The molecule has 1 atom stereocenters. The van der Waals surface area contributed by atoms with Gasteiger partial charge in [0.25, 0.3) is 0 Å². The largest absolute Gasteiger partial charge is 0.383 e. The summed E-state index contributed by atoms with van der Waals surface area (Å²) in [6.45, 7) is 11.9. The molecule has 5 nitrogen and oxygen atoms in total. The first kappa shape index (κ1) is 16.2. The third kappa shape index (κ3) is 6.06. The zero-order valence-electron chi connectivity index (χ0n) is 13.0. The van der Waals surface area contributed by atoms with E-state index in [0.717, 1.165) is 51.9 Å². The monoisotopic (exact) mass is 285 g/mol. The average Bonchev–Trinajstić information content (AvgIpc) is 2.51. The molecule has 0 bridgehead atoms. The smallest absolute Gasteiger partial charge is 0.0594 e. The summed E-state index contributed by atoms with van der Waals surface area (Å²) in [5.74, 6) is 0.810. The number of nitrogens with zero attached hydrogens (tertiary/aromatic N) is 2. The Bertz CT molecular complexity index is 247. The molecule has 5 heteroatoms. The van der Waals surface area contributed by atoms with Crippen LogP contribution < -0.4 is 5.32 Å². The van der Waals surface area contributed by atoms with Crippen molar-refractivity contribution >= 4 is 0 Å². The van der Waals surface area contributed by atoms with Crippen LogP contribution in [0.5, 0.6) is 0 Å². The van der Waals surface area contributed by atoms with Gasteiger partial charge in [-0.25, -0.2) is 0 Å². The van der Waals surface area contributed by atoms with Gasteiger partial charge in [-0.15, -0.1) is 0 Å². The quantitative estimate of drug-likeness (QED) is 0.648. The normalized spacial score (nSPS) is 25.9. The van der Waals surface area contributed by atoms with Crippen molar-refractivity contribution < 1.29 is 9.47 Å². The standard InChI is InChI=1S/C15H31N3O2/c1-19-10-4-16-13-15-3-2-5-18(14-15)7-6-17-8-11-20-12-9-17/h15-16H,2-14H2,1H3. The molecular formula is C15H31N3O2. The highest BCUT2D eigenvalue weighted by Gasteiger charge is 2.20. The van der Waals surface area contributed by atoms with Gasteiger partial charge in [-0.2, -0.15) is 0 Å². The molecule has 0 aromatic rings. The molecule has 1 unspecified atom stereocenters. The lowest BCUT2D eigenvalue weighted by Crippen LogP contribution is -2.45. The van der Waals surface area contributed by atoms with Crippen molar-refractivity contribution in [2.75, 3.05) is 79.3 Å². The molecule has 0 spiro atoms. The van der Waals surface area contributed by atoms with E-state index in [9.17, 15) is 0 Å². The van der Waals surface area contributed by atoms with Crippen molar-refractivity contribution in [3.8, 4) is 0 Å². The van der Waals surface area contributed by atoms with Crippen LogP contribution in [0.3, 0.4) is 0 Å². The summed E-state index contributed by atoms with van der Waals surface area (Å²) in [5.41, 5.74) is 0. The van der Waals surface area contributed by atoms with Gasteiger partial charge in [-0.05, 0) is 31.8 Å². The van der Waals surface area contributed by atoms with Crippen LogP contribution >= 0.6 is 0 Å². The van der Waals surface area contributed by atoms with Crippen molar-refractivity contribution in [1.29, 1.82) is 0 Å². The predicted molar refractivity (Wildman–Crippen MR) is 81.2 cm³/mol.